The lowest BCUT2D eigenvalue weighted by atomic mass is 10.0. The molecule has 3 amide bonds. The van der Waals surface area contributed by atoms with Crippen LogP contribution in [-0.4, -0.2) is 47.2 Å². The SMILES string of the molecule is Cc1ccc(OC[C@H](O)CN2C(=O)N[C@@H](CC(C)C)C2=O)c(C)c1. The van der Waals surface area contributed by atoms with E-state index in [2.05, 4.69) is 5.32 Å². The number of amides is 3. The fourth-order valence-corrected chi connectivity index (χ4v) is 2.79. The summed E-state index contributed by atoms with van der Waals surface area (Å²) in [6.45, 7) is 7.88. The van der Waals surface area contributed by atoms with Gasteiger partial charge >= 0.3 is 6.03 Å². The van der Waals surface area contributed by atoms with Crippen molar-refractivity contribution in [3.05, 3.63) is 29.3 Å². The van der Waals surface area contributed by atoms with Crippen LogP contribution in [0.5, 0.6) is 5.75 Å². The Bertz CT molecular complexity index is 615. The number of hydrogen-bond donors (Lipinski definition) is 2. The van der Waals surface area contributed by atoms with Gasteiger partial charge in [-0.1, -0.05) is 31.5 Å². The minimum atomic E-state index is -0.932. The summed E-state index contributed by atoms with van der Waals surface area (Å²) in [5, 5.41) is 12.8. The molecule has 2 rings (SSSR count). The summed E-state index contributed by atoms with van der Waals surface area (Å²) in [7, 11) is 0. The Hall–Kier alpha value is -2.08. The highest BCUT2D eigenvalue weighted by atomic mass is 16.5. The van der Waals surface area contributed by atoms with Gasteiger partial charge in [0.2, 0.25) is 0 Å². The van der Waals surface area contributed by atoms with Gasteiger partial charge < -0.3 is 15.2 Å². The Kier molecular flexibility index (Phi) is 5.83. The molecule has 0 unspecified atom stereocenters. The first-order valence-corrected chi connectivity index (χ1v) is 8.28. The highest BCUT2D eigenvalue weighted by Crippen LogP contribution is 2.19. The molecule has 0 aliphatic carbocycles. The minimum Gasteiger partial charge on any atom is -0.491 e. The molecule has 24 heavy (non-hydrogen) atoms. The molecule has 0 radical (unpaired) electrons. The normalized spacial score (nSPS) is 18.9. The summed E-state index contributed by atoms with van der Waals surface area (Å²) < 4.78 is 5.61. The molecule has 0 saturated carbocycles. The zero-order valence-electron chi connectivity index (χ0n) is 14.7. The summed E-state index contributed by atoms with van der Waals surface area (Å²) in [6.07, 6.45) is -0.339. The Morgan fingerprint density at radius 2 is 2.00 bits per heavy atom. The molecule has 1 aromatic carbocycles. The number of ether oxygens (including phenoxy) is 1. The number of nitrogens with zero attached hydrogens (tertiary/aromatic N) is 1. The number of imide groups is 1. The van der Waals surface area contributed by atoms with Crippen molar-refractivity contribution in [2.45, 2.75) is 46.3 Å². The van der Waals surface area contributed by atoms with Crippen molar-refractivity contribution in [3.8, 4) is 5.75 Å². The van der Waals surface area contributed by atoms with Crippen LogP contribution < -0.4 is 10.1 Å². The van der Waals surface area contributed by atoms with Gasteiger partial charge in [-0.15, -0.1) is 0 Å². The molecular weight excluding hydrogens is 308 g/mol. The number of β-amino-alcohol motifs (C(OH)–C–C–N with tert-alkyl or cyclic N) is 1. The maximum absolute atomic E-state index is 12.2. The fourth-order valence-electron chi connectivity index (χ4n) is 2.79. The molecular formula is C18H26N2O4. The number of benzene rings is 1. The van der Waals surface area contributed by atoms with Crippen LogP contribution in [0.15, 0.2) is 18.2 Å². The van der Waals surface area contributed by atoms with E-state index >= 15 is 0 Å². The first-order valence-electron chi connectivity index (χ1n) is 8.28. The monoisotopic (exact) mass is 334 g/mol. The van der Waals surface area contributed by atoms with E-state index in [1.165, 1.54) is 0 Å². The molecule has 2 atom stereocenters. The van der Waals surface area contributed by atoms with Crippen molar-refractivity contribution in [2.24, 2.45) is 5.92 Å². The maximum Gasteiger partial charge on any atom is 0.324 e. The molecule has 0 aromatic heterocycles. The van der Waals surface area contributed by atoms with Crippen LogP contribution in [0, 0.1) is 19.8 Å². The van der Waals surface area contributed by atoms with Crippen LogP contribution in [0.1, 0.15) is 31.4 Å². The van der Waals surface area contributed by atoms with Crippen molar-refractivity contribution in [1.82, 2.24) is 10.2 Å². The first kappa shape index (κ1) is 18.3. The smallest absolute Gasteiger partial charge is 0.324 e. The minimum absolute atomic E-state index is 0.0236. The summed E-state index contributed by atoms with van der Waals surface area (Å²) in [5.74, 6) is 0.714. The number of aryl methyl sites for hydroxylation is 2. The third-order valence-corrected chi connectivity index (χ3v) is 3.97. The van der Waals surface area contributed by atoms with E-state index < -0.39 is 18.2 Å². The zero-order valence-corrected chi connectivity index (χ0v) is 14.7. The van der Waals surface area contributed by atoms with Gasteiger partial charge in [-0.3, -0.25) is 9.69 Å². The molecule has 0 bridgehead atoms. The van der Waals surface area contributed by atoms with Gasteiger partial charge in [-0.25, -0.2) is 4.79 Å². The molecule has 1 aliphatic rings. The largest absolute Gasteiger partial charge is 0.491 e. The number of carbonyl (C=O) groups is 2. The van der Waals surface area contributed by atoms with Crippen molar-refractivity contribution in [1.29, 1.82) is 0 Å². The summed E-state index contributed by atoms with van der Waals surface area (Å²) in [4.78, 5) is 25.2. The topological polar surface area (TPSA) is 78.9 Å². The highest BCUT2D eigenvalue weighted by Gasteiger charge is 2.38. The number of urea groups is 1. The van der Waals surface area contributed by atoms with Crippen molar-refractivity contribution < 1.29 is 19.4 Å². The average molecular weight is 334 g/mol. The van der Waals surface area contributed by atoms with Crippen LogP contribution in [0.4, 0.5) is 4.79 Å². The second kappa shape index (κ2) is 7.66. The van der Waals surface area contributed by atoms with Crippen molar-refractivity contribution in [3.63, 3.8) is 0 Å². The van der Waals surface area contributed by atoms with Crippen LogP contribution in [0.3, 0.4) is 0 Å². The predicted octanol–water partition coefficient (Wildman–Crippen LogP) is 2.01. The van der Waals surface area contributed by atoms with Gasteiger partial charge in [-0.2, -0.15) is 0 Å². The molecule has 1 aromatic rings. The zero-order chi connectivity index (χ0) is 17.9. The van der Waals surface area contributed by atoms with Gasteiger partial charge in [-0.05, 0) is 37.8 Å². The molecule has 1 saturated heterocycles. The van der Waals surface area contributed by atoms with E-state index in [1.54, 1.807) is 0 Å². The lowest BCUT2D eigenvalue weighted by Crippen LogP contribution is -2.40. The van der Waals surface area contributed by atoms with Crippen LogP contribution in [0.2, 0.25) is 0 Å². The number of hydrogen-bond acceptors (Lipinski definition) is 4. The van der Waals surface area contributed by atoms with Crippen LogP contribution in [0.25, 0.3) is 0 Å². The Morgan fingerprint density at radius 3 is 2.62 bits per heavy atom. The van der Waals surface area contributed by atoms with E-state index in [4.69, 9.17) is 4.74 Å². The standard InChI is InChI=1S/C18H26N2O4/c1-11(2)7-15-17(22)20(18(23)19-15)9-14(21)10-24-16-6-5-12(3)8-13(16)4/h5-6,8,11,14-15,21H,7,9-10H2,1-4H3,(H,19,23)/t14-,15+/m1/s1. The van der Waals surface area contributed by atoms with Crippen molar-refractivity contribution in [2.75, 3.05) is 13.2 Å². The number of nitrogens with one attached hydrogen (secondary N) is 1. The highest BCUT2D eigenvalue weighted by molar-refractivity contribution is 6.04. The average Bonchev–Trinajstić information content (AvgIpc) is 2.73. The Labute approximate surface area is 142 Å². The second-order valence-electron chi connectivity index (χ2n) is 6.81. The molecule has 1 aliphatic heterocycles. The van der Waals surface area contributed by atoms with Gasteiger partial charge in [0, 0.05) is 0 Å². The number of aliphatic hydroxyl groups excluding tert-OH is 1. The van der Waals surface area contributed by atoms with E-state index in [9.17, 15) is 14.7 Å². The molecule has 2 N–H and O–H groups in total. The Balaban J connectivity index is 1.88. The molecule has 132 valence electrons. The lowest BCUT2D eigenvalue weighted by molar-refractivity contribution is -0.128. The summed E-state index contributed by atoms with van der Waals surface area (Å²) >= 11 is 0. The second-order valence-corrected chi connectivity index (χ2v) is 6.81. The molecule has 1 fully saturated rings. The summed E-state index contributed by atoms with van der Waals surface area (Å²) in [6, 6.07) is 4.84. The fraction of sp³-hybridized carbons (Fsp3) is 0.556. The number of rotatable bonds is 7. The Morgan fingerprint density at radius 1 is 1.29 bits per heavy atom. The van der Waals surface area contributed by atoms with Gasteiger partial charge in [0.25, 0.3) is 5.91 Å². The summed E-state index contributed by atoms with van der Waals surface area (Å²) in [5.41, 5.74) is 2.12. The van der Waals surface area contributed by atoms with E-state index in [1.807, 2.05) is 45.9 Å². The molecule has 0 spiro atoms. The van der Waals surface area contributed by atoms with E-state index in [0.717, 1.165) is 16.0 Å². The van der Waals surface area contributed by atoms with Crippen molar-refractivity contribution >= 4 is 11.9 Å². The molecule has 6 heteroatoms. The predicted molar refractivity (Wildman–Crippen MR) is 90.9 cm³/mol. The van der Waals surface area contributed by atoms with Crippen LogP contribution >= 0.6 is 0 Å². The van der Waals surface area contributed by atoms with Gasteiger partial charge in [0.15, 0.2) is 0 Å². The number of aliphatic hydroxyl groups is 1. The van der Waals surface area contributed by atoms with Gasteiger partial charge in [0.05, 0.1) is 6.54 Å². The maximum atomic E-state index is 12.2. The quantitative estimate of drug-likeness (QED) is 0.748. The third kappa shape index (κ3) is 4.47. The van der Waals surface area contributed by atoms with Crippen LogP contribution in [-0.2, 0) is 4.79 Å². The first-order chi connectivity index (χ1) is 11.3. The third-order valence-electron chi connectivity index (χ3n) is 3.97. The van der Waals surface area contributed by atoms with E-state index in [-0.39, 0.29) is 19.1 Å². The number of carbonyl (C=O) groups excluding carboxylic acids is 2. The lowest BCUT2D eigenvalue weighted by Gasteiger charge is -2.19. The van der Waals surface area contributed by atoms with E-state index in [0.29, 0.717) is 18.1 Å². The molecule has 1 heterocycles. The van der Waals surface area contributed by atoms with Gasteiger partial charge in [0.1, 0.15) is 24.5 Å². The molecule has 6 nitrogen and oxygen atoms in total.